The first-order chi connectivity index (χ1) is 14.8. The number of rotatable bonds is 4. The van der Waals surface area contributed by atoms with Gasteiger partial charge in [0.1, 0.15) is 0 Å². The minimum Gasteiger partial charge on any atom is -0.357 e. The number of hydrogen-bond donors (Lipinski definition) is 2. The van der Waals surface area contributed by atoms with Crippen LogP contribution in [0, 0.1) is 6.92 Å². The number of aryl methyl sites for hydroxylation is 1. The number of H-pyrrole nitrogens is 1. The highest BCUT2D eigenvalue weighted by molar-refractivity contribution is 5.84. The van der Waals surface area contributed by atoms with Gasteiger partial charge in [-0.2, -0.15) is 0 Å². The van der Waals surface area contributed by atoms with Gasteiger partial charge >= 0.3 is 0 Å². The van der Waals surface area contributed by atoms with E-state index in [0.717, 1.165) is 25.7 Å². The van der Waals surface area contributed by atoms with Crippen molar-refractivity contribution >= 4 is 10.9 Å². The maximum atomic E-state index is 3.80. The molecule has 2 N–H and O–H groups in total. The number of aromatic amines is 1. The van der Waals surface area contributed by atoms with Gasteiger partial charge in [-0.05, 0) is 92.1 Å². The van der Waals surface area contributed by atoms with Crippen LogP contribution >= 0.6 is 0 Å². The lowest BCUT2D eigenvalue weighted by atomic mass is 9.66. The van der Waals surface area contributed by atoms with Crippen molar-refractivity contribution in [3.8, 4) is 0 Å². The summed E-state index contributed by atoms with van der Waals surface area (Å²) >= 11 is 0. The Hall–Kier alpha value is -2.14. The molecule has 0 amide bonds. The second kappa shape index (κ2) is 9.56. The quantitative estimate of drug-likeness (QED) is 0.616. The number of para-hydroxylation sites is 1. The van der Waals surface area contributed by atoms with E-state index in [0.29, 0.717) is 0 Å². The van der Waals surface area contributed by atoms with Crippen molar-refractivity contribution in [3.05, 3.63) is 71.4 Å². The molecule has 4 heteroatoms. The number of fused-ring (bicyclic) bond motifs is 1. The normalized spacial score (nSPS) is 23.8. The molecule has 4 rings (SSSR count). The zero-order chi connectivity index (χ0) is 22.6. The second-order valence-electron chi connectivity index (χ2n) is 9.39. The lowest BCUT2D eigenvalue weighted by Gasteiger charge is -2.52. The van der Waals surface area contributed by atoms with E-state index in [1.54, 1.807) is 0 Å². The molecule has 2 aromatic carbocycles. The second-order valence-corrected chi connectivity index (χ2v) is 9.39. The Morgan fingerprint density at radius 1 is 0.742 bits per heavy atom. The van der Waals surface area contributed by atoms with E-state index in [2.05, 4.69) is 110 Å². The third-order valence-corrected chi connectivity index (χ3v) is 7.36. The van der Waals surface area contributed by atoms with Gasteiger partial charge < -0.3 is 10.3 Å². The molecule has 0 aliphatic heterocycles. The molecule has 1 aliphatic carbocycles. The van der Waals surface area contributed by atoms with Crippen molar-refractivity contribution in [2.45, 2.75) is 43.7 Å². The topological polar surface area (TPSA) is 34.3 Å². The van der Waals surface area contributed by atoms with E-state index in [4.69, 9.17) is 0 Å². The molecule has 1 fully saturated rings. The molecule has 168 valence electrons. The van der Waals surface area contributed by atoms with E-state index >= 15 is 0 Å². The van der Waals surface area contributed by atoms with Crippen LogP contribution in [0.1, 0.15) is 42.5 Å². The first-order valence-corrected chi connectivity index (χ1v) is 11.4. The number of aromatic nitrogens is 1. The number of nitrogens with one attached hydrogen (secondary N) is 2. The minimum atomic E-state index is 0.0530. The summed E-state index contributed by atoms with van der Waals surface area (Å²) in [5.41, 5.74) is 5.67. The molecule has 1 aromatic heterocycles. The van der Waals surface area contributed by atoms with Crippen LogP contribution in [0.5, 0.6) is 0 Å². The number of nitrogens with zero attached hydrogens (tertiary/aromatic N) is 2. The fourth-order valence-corrected chi connectivity index (χ4v) is 5.49. The van der Waals surface area contributed by atoms with Crippen molar-refractivity contribution in [1.29, 1.82) is 0 Å². The third-order valence-electron chi connectivity index (χ3n) is 7.36. The van der Waals surface area contributed by atoms with E-state index in [-0.39, 0.29) is 11.1 Å². The molecule has 0 saturated heterocycles. The Morgan fingerprint density at radius 3 is 1.74 bits per heavy atom. The van der Waals surface area contributed by atoms with Gasteiger partial charge in [0.25, 0.3) is 0 Å². The van der Waals surface area contributed by atoms with Crippen molar-refractivity contribution in [1.82, 2.24) is 20.1 Å². The van der Waals surface area contributed by atoms with Crippen LogP contribution in [0.3, 0.4) is 0 Å². The van der Waals surface area contributed by atoms with Crippen LogP contribution in [-0.4, -0.2) is 57.1 Å². The molecule has 0 unspecified atom stereocenters. The van der Waals surface area contributed by atoms with Crippen LogP contribution in [0.2, 0.25) is 0 Å². The SMILES string of the molecule is CNC.Cc1c(C2(N(C)C)CCC(c3ccccc3)(N(C)C)CC2)[nH]c2ccccc12. The van der Waals surface area contributed by atoms with Crippen molar-refractivity contribution in [2.24, 2.45) is 0 Å². The molecule has 1 saturated carbocycles. The average Bonchev–Trinajstić information content (AvgIpc) is 3.12. The van der Waals surface area contributed by atoms with Gasteiger partial charge in [0.05, 0.1) is 5.54 Å². The highest BCUT2D eigenvalue weighted by Crippen LogP contribution is 2.51. The lowest BCUT2D eigenvalue weighted by molar-refractivity contribution is 0.00645. The average molecular weight is 421 g/mol. The maximum absolute atomic E-state index is 3.80. The van der Waals surface area contributed by atoms with Crippen molar-refractivity contribution in [3.63, 3.8) is 0 Å². The van der Waals surface area contributed by atoms with Gasteiger partial charge in [0.2, 0.25) is 0 Å². The summed E-state index contributed by atoms with van der Waals surface area (Å²) in [6, 6.07) is 19.8. The highest BCUT2D eigenvalue weighted by Gasteiger charge is 2.48. The van der Waals surface area contributed by atoms with Gasteiger partial charge in [0, 0.05) is 22.1 Å². The number of hydrogen-bond acceptors (Lipinski definition) is 3. The molecule has 0 spiro atoms. The summed E-state index contributed by atoms with van der Waals surface area (Å²) in [5.74, 6) is 0. The van der Waals surface area contributed by atoms with E-state index in [1.807, 2.05) is 14.1 Å². The summed E-state index contributed by atoms with van der Waals surface area (Å²) < 4.78 is 0. The highest BCUT2D eigenvalue weighted by atomic mass is 15.2. The summed E-state index contributed by atoms with van der Waals surface area (Å²) in [7, 11) is 12.7. The fraction of sp³-hybridized carbons (Fsp3) is 0.481. The summed E-state index contributed by atoms with van der Waals surface area (Å²) in [5, 5.41) is 4.10. The largest absolute Gasteiger partial charge is 0.357 e. The summed E-state index contributed by atoms with van der Waals surface area (Å²) in [4.78, 5) is 8.69. The van der Waals surface area contributed by atoms with E-state index in [1.165, 1.54) is 27.7 Å². The van der Waals surface area contributed by atoms with Gasteiger partial charge in [-0.1, -0.05) is 48.5 Å². The van der Waals surface area contributed by atoms with Crippen LogP contribution in [0.25, 0.3) is 10.9 Å². The van der Waals surface area contributed by atoms with Gasteiger partial charge in [-0.15, -0.1) is 0 Å². The fourth-order valence-electron chi connectivity index (χ4n) is 5.49. The van der Waals surface area contributed by atoms with Crippen molar-refractivity contribution in [2.75, 3.05) is 42.3 Å². The summed E-state index contributed by atoms with van der Waals surface area (Å²) in [6.45, 7) is 2.28. The Labute approximate surface area is 188 Å². The molecular weight excluding hydrogens is 380 g/mol. The Bertz CT molecular complexity index is 963. The minimum absolute atomic E-state index is 0.0530. The van der Waals surface area contributed by atoms with Crippen LogP contribution < -0.4 is 5.32 Å². The first kappa shape index (κ1) is 23.5. The standard InChI is InChI=1S/C25H33N3.C2H7N/c1-19-21-13-9-10-14-22(21)26-23(19)25(28(4)5)17-15-24(16-18-25,27(2)3)20-11-7-6-8-12-20;1-3-2/h6-14,26H,15-18H2,1-5H3;3H,1-2H3. The van der Waals surface area contributed by atoms with E-state index in [9.17, 15) is 0 Å². The maximum Gasteiger partial charge on any atom is 0.0611 e. The molecule has 0 bridgehead atoms. The molecule has 1 heterocycles. The smallest absolute Gasteiger partial charge is 0.0611 e. The zero-order valence-corrected chi connectivity index (χ0v) is 20.4. The Balaban J connectivity index is 0.000000858. The monoisotopic (exact) mass is 420 g/mol. The first-order valence-electron chi connectivity index (χ1n) is 11.4. The van der Waals surface area contributed by atoms with Gasteiger partial charge in [-0.25, -0.2) is 0 Å². The van der Waals surface area contributed by atoms with Gasteiger partial charge in [0.15, 0.2) is 0 Å². The number of benzene rings is 2. The van der Waals surface area contributed by atoms with Crippen molar-refractivity contribution < 1.29 is 0 Å². The van der Waals surface area contributed by atoms with Crippen LogP contribution in [0.15, 0.2) is 54.6 Å². The molecular formula is C27H40N4. The lowest BCUT2D eigenvalue weighted by Crippen LogP contribution is -2.52. The van der Waals surface area contributed by atoms with Crippen LogP contribution in [0.4, 0.5) is 0 Å². The molecule has 1 aliphatic rings. The molecule has 0 radical (unpaired) electrons. The van der Waals surface area contributed by atoms with E-state index < -0.39 is 0 Å². The van der Waals surface area contributed by atoms with Gasteiger partial charge in [-0.3, -0.25) is 9.80 Å². The molecule has 3 aromatic rings. The zero-order valence-electron chi connectivity index (χ0n) is 20.4. The molecule has 31 heavy (non-hydrogen) atoms. The predicted octanol–water partition coefficient (Wildman–Crippen LogP) is 5.10. The summed E-state index contributed by atoms with van der Waals surface area (Å²) in [6.07, 6.45) is 4.58. The van der Waals surface area contributed by atoms with Crippen LogP contribution in [-0.2, 0) is 11.1 Å². The predicted molar refractivity (Wildman–Crippen MR) is 134 cm³/mol. The Kier molecular flexibility index (Phi) is 7.25. The molecule has 4 nitrogen and oxygen atoms in total. The third kappa shape index (κ3) is 4.17. The molecule has 0 atom stereocenters. The Morgan fingerprint density at radius 2 is 1.23 bits per heavy atom.